The van der Waals surface area contributed by atoms with Crippen molar-refractivity contribution in [2.75, 3.05) is 7.05 Å². The van der Waals surface area contributed by atoms with Crippen LogP contribution in [0, 0.1) is 0 Å². The van der Waals surface area contributed by atoms with Crippen LogP contribution >= 0.6 is 0 Å². The zero-order chi connectivity index (χ0) is 18.3. The Morgan fingerprint density at radius 2 is 1.52 bits per heavy atom. The van der Waals surface area contributed by atoms with E-state index in [1.165, 1.54) is 18.1 Å². The van der Waals surface area contributed by atoms with Crippen LogP contribution in [0.15, 0.2) is 60.7 Å². The maximum Gasteiger partial charge on any atom is 0.302 e. The Morgan fingerprint density at radius 1 is 1.04 bits per heavy atom. The van der Waals surface area contributed by atoms with Gasteiger partial charge < -0.3 is 10.1 Å². The summed E-state index contributed by atoms with van der Waals surface area (Å²) in [5.74, 6) is -0.236. The van der Waals surface area contributed by atoms with Crippen molar-refractivity contribution in [2.45, 2.75) is 51.2 Å². The summed E-state index contributed by atoms with van der Waals surface area (Å²) < 4.78 is 5.85. The summed E-state index contributed by atoms with van der Waals surface area (Å²) in [4.78, 5) is 11.8. The molecule has 134 valence electrons. The van der Waals surface area contributed by atoms with E-state index in [2.05, 4.69) is 67.7 Å². The summed E-state index contributed by atoms with van der Waals surface area (Å²) in [7, 11) is 1.97. The third-order valence-electron chi connectivity index (χ3n) is 4.93. The molecule has 0 aliphatic rings. The van der Waals surface area contributed by atoms with Crippen LogP contribution in [0.2, 0.25) is 0 Å². The molecule has 0 amide bonds. The normalized spacial score (nSPS) is 13.9. The topological polar surface area (TPSA) is 38.3 Å². The SMILES string of the molecule is CC[C@@H](OC(C)=O)C(C[C@@H](C)NC)(c1ccccc1)c1ccccc1. The standard InChI is InChI=1S/C22H29NO2/c1-5-21(25-18(3)24)22(16-17(2)23-4,19-12-8-6-9-13-19)20-14-10-7-11-15-20/h6-15,17,21,23H,5,16H2,1-4H3/t17-,21-/m1/s1. The van der Waals surface area contributed by atoms with Crippen LogP contribution in [0.25, 0.3) is 0 Å². The lowest BCUT2D eigenvalue weighted by molar-refractivity contribution is -0.149. The number of rotatable bonds is 8. The predicted octanol–water partition coefficient (Wildman–Crippen LogP) is 4.31. The summed E-state index contributed by atoms with van der Waals surface area (Å²) in [5.41, 5.74) is 1.96. The smallest absolute Gasteiger partial charge is 0.302 e. The summed E-state index contributed by atoms with van der Waals surface area (Å²) in [6, 6.07) is 21.1. The van der Waals surface area contributed by atoms with Gasteiger partial charge in [-0.25, -0.2) is 0 Å². The predicted molar refractivity (Wildman–Crippen MR) is 103 cm³/mol. The minimum Gasteiger partial charge on any atom is -0.461 e. The average molecular weight is 339 g/mol. The fraction of sp³-hybridized carbons (Fsp3) is 0.409. The first kappa shape index (κ1) is 19.2. The lowest BCUT2D eigenvalue weighted by Crippen LogP contribution is -2.47. The van der Waals surface area contributed by atoms with E-state index < -0.39 is 5.41 Å². The second kappa shape index (κ2) is 8.82. The minimum absolute atomic E-state index is 0.231. The van der Waals surface area contributed by atoms with Crippen molar-refractivity contribution in [3.8, 4) is 0 Å². The van der Waals surface area contributed by atoms with Crippen LogP contribution < -0.4 is 5.32 Å². The second-order valence-corrected chi connectivity index (χ2v) is 6.60. The van der Waals surface area contributed by atoms with Gasteiger partial charge in [0.15, 0.2) is 0 Å². The van der Waals surface area contributed by atoms with Crippen LogP contribution in [-0.2, 0) is 14.9 Å². The first-order valence-corrected chi connectivity index (χ1v) is 9.00. The van der Waals surface area contributed by atoms with Crippen molar-refractivity contribution in [2.24, 2.45) is 0 Å². The first-order valence-electron chi connectivity index (χ1n) is 9.00. The fourth-order valence-corrected chi connectivity index (χ4v) is 3.69. The van der Waals surface area contributed by atoms with Crippen LogP contribution in [0.1, 0.15) is 44.7 Å². The summed E-state index contributed by atoms with van der Waals surface area (Å²) >= 11 is 0. The van der Waals surface area contributed by atoms with E-state index in [1.807, 2.05) is 19.2 Å². The zero-order valence-corrected chi connectivity index (χ0v) is 15.7. The molecule has 25 heavy (non-hydrogen) atoms. The van der Waals surface area contributed by atoms with E-state index in [1.54, 1.807) is 0 Å². The van der Waals surface area contributed by atoms with Gasteiger partial charge in [-0.05, 0) is 37.9 Å². The Labute approximate surface area is 151 Å². The highest BCUT2D eigenvalue weighted by Gasteiger charge is 2.44. The number of benzene rings is 2. The van der Waals surface area contributed by atoms with Crippen molar-refractivity contribution in [3.05, 3.63) is 71.8 Å². The van der Waals surface area contributed by atoms with Crippen LogP contribution in [0.3, 0.4) is 0 Å². The van der Waals surface area contributed by atoms with Gasteiger partial charge in [0.05, 0.1) is 5.41 Å². The summed E-state index contributed by atoms with van der Waals surface area (Å²) in [5, 5.41) is 3.35. The maximum atomic E-state index is 11.8. The zero-order valence-electron chi connectivity index (χ0n) is 15.7. The first-order chi connectivity index (χ1) is 12.0. The molecule has 2 atom stereocenters. The molecular formula is C22H29NO2. The molecule has 3 heteroatoms. The number of hydrogen-bond acceptors (Lipinski definition) is 3. The van der Waals surface area contributed by atoms with Crippen molar-refractivity contribution in [3.63, 3.8) is 0 Å². The molecule has 0 radical (unpaired) electrons. The number of carbonyl (C=O) groups is 1. The van der Waals surface area contributed by atoms with E-state index in [9.17, 15) is 4.79 Å². The molecular weight excluding hydrogens is 310 g/mol. The van der Waals surface area contributed by atoms with Gasteiger partial charge in [-0.3, -0.25) is 4.79 Å². The largest absolute Gasteiger partial charge is 0.461 e. The molecule has 0 saturated carbocycles. The fourth-order valence-electron chi connectivity index (χ4n) is 3.69. The molecule has 0 aliphatic carbocycles. The monoisotopic (exact) mass is 339 g/mol. The van der Waals surface area contributed by atoms with Gasteiger partial charge >= 0.3 is 5.97 Å². The molecule has 0 fully saturated rings. The minimum atomic E-state index is -0.397. The average Bonchev–Trinajstić information content (AvgIpc) is 2.65. The summed E-state index contributed by atoms with van der Waals surface area (Å²) in [6.45, 7) is 5.74. The Morgan fingerprint density at radius 3 is 1.88 bits per heavy atom. The molecule has 2 aromatic rings. The van der Waals surface area contributed by atoms with Crippen LogP contribution in [0.5, 0.6) is 0 Å². The molecule has 1 N–H and O–H groups in total. The van der Waals surface area contributed by atoms with Gasteiger partial charge in [-0.15, -0.1) is 0 Å². The van der Waals surface area contributed by atoms with Crippen molar-refractivity contribution in [1.29, 1.82) is 0 Å². The molecule has 0 aliphatic heterocycles. The highest BCUT2D eigenvalue weighted by molar-refractivity contribution is 5.66. The molecule has 0 aromatic heterocycles. The van der Waals surface area contributed by atoms with Gasteiger partial charge in [-0.2, -0.15) is 0 Å². The van der Waals surface area contributed by atoms with E-state index in [-0.39, 0.29) is 18.1 Å². The lowest BCUT2D eigenvalue weighted by Gasteiger charge is -2.42. The van der Waals surface area contributed by atoms with Crippen molar-refractivity contribution >= 4 is 5.97 Å². The number of ether oxygens (including phenoxy) is 1. The maximum absolute atomic E-state index is 11.8. The van der Waals surface area contributed by atoms with Gasteiger partial charge in [0.2, 0.25) is 0 Å². The third kappa shape index (κ3) is 4.29. The van der Waals surface area contributed by atoms with Crippen molar-refractivity contribution in [1.82, 2.24) is 5.32 Å². The molecule has 0 heterocycles. The van der Waals surface area contributed by atoms with E-state index in [0.29, 0.717) is 0 Å². The van der Waals surface area contributed by atoms with Crippen molar-refractivity contribution < 1.29 is 9.53 Å². The third-order valence-corrected chi connectivity index (χ3v) is 4.93. The Hall–Kier alpha value is -2.13. The molecule has 0 saturated heterocycles. The highest BCUT2D eigenvalue weighted by atomic mass is 16.5. The lowest BCUT2D eigenvalue weighted by atomic mass is 9.66. The van der Waals surface area contributed by atoms with E-state index in [4.69, 9.17) is 4.74 Å². The van der Waals surface area contributed by atoms with Gasteiger partial charge in [0.25, 0.3) is 0 Å². The van der Waals surface area contributed by atoms with E-state index >= 15 is 0 Å². The van der Waals surface area contributed by atoms with Gasteiger partial charge in [0.1, 0.15) is 6.10 Å². The molecule has 3 nitrogen and oxygen atoms in total. The number of hydrogen-bond donors (Lipinski definition) is 1. The molecule has 0 spiro atoms. The Kier molecular flexibility index (Phi) is 6.77. The summed E-state index contributed by atoms with van der Waals surface area (Å²) in [6.07, 6.45) is 1.36. The highest BCUT2D eigenvalue weighted by Crippen LogP contribution is 2.42. The molecule has 0 unspecified atom stereocenters. The quantitative estimate of drug-likeness (QED) is 0.728. The van der Waals surface area contributed by atoms with E-state index in [0.717, 1.165) is 12.8 Å². The van der Waals surface area contributed by atoms with Crippen LogP contribution in [0.4, 0.5) is 0 Å². The number of carbonyl (C=O) groups excluding carboxylic acids is 1. The van der Waals surface area contributed by atoms with Crippen LogP contribution in [-0.4, -0.2) is 25.2 Å². The number of nitrogens with one attached hydrogen (secondary N) is 1. The number of esters is 1. The van der Waals surface area contributed by atoms with Gasteiger partial charge in [0, 0.05) is 13.0 Å². The Bertz CT molecular complexity index is 615. The molecule has 2 rings (SSSR count). The second-order valence-electron chi connectivity index (χ2n) is 6.60. The van der Waals surface area contributed by atoms with Gasteiger partial charge in [-0.1, -0.05) is 67.6 Å². The molecule has 0 bridgehead atoms. The molecule has 2 aromatic carbocycles. The Balaban J connectivity index is 2.70.